The zero-order valence-electron chi connectivity index (χ0n) is 9.33. The average molecular weight is 334 g/mol. The molecular weight excluding hydrogens is 328 g/mol. The first-order valence-electron chi connectivity index (χ1n) is 4.64. The van der Waals surface area contributed by atoms with E-state index in [2.05, 4.69) is 4.18 Å². The van der Waals surface area contributed by atoms with Gasteiger partial charge in [-0.05, 0) is 23.8 Å². The highest BCUT2D eigenvalue weighted by Crippen LogP contribution is 2.27. The lowest BCUT2D eigenvalue weighted by Gasteiger charge is -2.09. The van der Waals surface area contributed by atoms with Crippen molar-refractivity contribution in [3.05, 3.63) is 35.2 Å². The van der Waals surface area contributed by atoms with Gasteiger partial charge in [0.1, 0.15) is 5.75 Å². The van der Waals surface area contributed by atoms with Crippen LogP contribution in [0.25, 0.3) is 6.08 Å². The molecular formula is C9H6F4O5S2. The molecule has 0 amide bonds. The van der Waals surface area contributed by atoms with Crippen LogP contribution in [0.2, 0.25) is 0 Å². The summed E-state index contributed by atoms with van der Waals surface area (Å²) in [6, 6.07) is 3.80. The number of hydrogen-bond acceptors (Lipinski definition) is 5. The summed E-state index contributed by atoms with van der Waals surface area (Å²) < 4.78 is 93.7. The van der Waals surface area contributed by atoms with Crippen LogP contribution >= 0.6 is 0 Å². The van der Waals surface area contributed by atoms with E-state index in [1.165, 1.54) is 0 Å². The normalized spacial score (nSPS) is 13.6. The summed E-state index contributed by atoms with van der Waals surface area (Å²) in [5, 5.41) is 0.231. The summed E-state index contributed by atoms with van der Waals surface area (Å²) in [6.45, 7) is 0. The van der Waals surface area contributed by atoms with Gasteiger partial charge in [0.05, 0.1) is 5.41 Å². The summed E-state index contributed by atoms with van der Waals surface area (Å²) in [6.07, 6.45) is 0.831. The molecule has 0 aliphatic heterocycles. The highest BCUT2D eigenvalue weighted by atomic mass is 32.3. The predicted octanol–water partition coefficient (Wildman–Crippen LogP) is 2.19. The largest absolute Gasteiger partial charge is 0.534 e. The van der Waals surface area contributed by atoms with E-state index in [-0.39, 0.29) is 11.0 Å². The van der Waals surface area contributed by atoms with Gasteiger partial charge in [-0.1, -0.05) is 12.1 Å². The van der Waals surface area contributed by atoms with Gasteiger partial charge in [-0.15, -0.1) is 3.89 Å². The van der Waals surface area contributed by atoms with Crippen LogP contribution in [-0.2, 0) is 20.3 Å². The first-order chi connectivity index (χ1) is 8.91. The smallest absolute Gasteiger partial charge is 0.376 e. The molecule has 11 heteroatoms. The Kier molecular flexibility index (Phi) is 4.44. The van der Waals surface area contributed by atoms with Crippen LogP contribution in [-0.4, -0.2) is 22.3 Å². The molecule has 0 heterocycles. The van der Waals surface area contributed by atoms with Crippen molar-refractivity contribution >= 4 is 26.4 Å². The number of rotatable bonds is 4. The molecule has 0 aromatic heterocycles. The number of benzene rings is 1. The van der Waals surface area contributed by atoms with Crippen LogP contribution in [0.3, 0.4) is 0 Å². The Balaban J connectivity index is 2.91. The van der Waals surface area contributed by atoms with E-state index in [0.29, 0.717) is 0 Å². The second-order valence-electron chi connectivity index (χ2n) is 3.33. The minimum Gasteiger partial charge on any atom is -0.376 e. The topological polar surface area (TPSA) is 77.5 Å². The molecule has 0 spiro atoms. The van der Waals surface area contributed by atoms with E-state index in [0.717, 1.165) is 30.3 Å². The van der Waals surface area contributed by atoms with Crippen molar-refractivity contribution in [2.45, 2.75) is 5.51 Å². The molecule has 0 N–H and O–H groups in total. The first kappa shape index (κ1) is 16.4. The first-order valence-corrected chi connectivity index (χ1v) is 7.50. The molecule has 1 rings (SSSR count). The Labute approximate surface area is 111 Å². The maximum absolute atomic E-state index is 12.2. The summed E-state index contributed by atoms with van der Waals surface area (Å²) >= 11 is 0. The van der Waals surface area contributed by atoms with Crippen molar-refractivity contribution in [3.63, 3.8) is 0 Å². The summed E-state index contributed by atoms with van der Waals surface area (Å²) in [4.78, 5) is 0. The maximum Gasteiger partial charge on any atom is 0.534 e. The monoisotopic (exact) mass is 334 g/mol. The second kappa shape index (κ2) is 5.40. The molecule has 0 saturated carbocycles. The molecule has 20 heavy (non-hydrogen) atoms. The van der Waals surface area contributed by atoms with Gasteiger partial charge in [0.25, 0.3) is 0 Å². The number of halogens is 4. The zero-order chi connectivity index (χ0) is 15.6. The van der Waals surface area contributed by atoms with Crippen molar-refractivity contribution in [3.8, 4) is 5.75 Å². The standard InChI is InChI=1S/C9H6F4O5S2/c10-9(11,12)20(16,17)18-8-3-1-7(2-4-8)5-6-19(13,14)15/h1-6H/b6-5+. The molecule has 0 radical (unpaired) electrons. The maximum atomic E-state index is 12.2. The highest BCUT2D eigenvalue weighted by Gasteiger charge is 2.48. The fourth-order valence-corrected chi connectivity index (χ4v) is 1.75. The number of alkyl halides is 3. The summed E-state index contributed by atoms with van der Waals surface area (Å²) in [5.74, 6) is -0.623. The molecule has 0 aliphatic rings. The van der Waals surface area contributed by atoms with Gasteiger partial charge in [-0.3, -0.25) is 0 Å². The van der Waals surface area contributed by atoms with Crippen LogP contribution in [0.15, 0.2) is 29.7 Å². The van der Waals surface area contributed by atoms with Gasteiger partial charge < -0.3 is 4.18 Å². The van der Waals surface area contributed by atoms with E-state index in [4.69, 9.17) is 0 Å². The van der Waals surface area contributed by atoms with Gasteiger partial charge in [-0.25, -0.2) is 0 Å². The molecule has 0 aliphatic carbocycles. The van der Waals surface area contributed by atoms with Crippen molar-refractivity contribution in [2.75, 3.05) is 0 Å². The Hall–Kier alpha value is -1.62. The van der Waals surface area contributed by atoms with Crippen molar-refractivity contribution in [2.24, 2.45) is 0 Å². The zero-order valence-corrected chi connectivity index (χ0v) is 11.0. The number of hydrogen-bond donors (Lipinski definition) is 0. The predicted molar refractivity (Wildman–Crippen MR) is 61.1 cm³/mol. The van der Waals surface area contributed by atoms with Crippen LogP contribution in [0.1, 0.15) is 5.56 Å². The lowest BCUT2D eigenvalue weighted by Crippen LogP contribution is -2.28. The summed E-state index contributed by atoms with van der Waals surface area (Å²) in [7, 11) is -10.6. The Morgan fingerprint density at radius 1 is 1.00 bits per heavy atom. The molecule has 0 unspecified atom stereocenters. The second-order valence-corrected chi connectivity index (χ2v) is 6.09. The van der Waals surface area contributed by atoms with Crippen LogP contribution < -0.4 is 4.18 Å². The van der Waals surface area contributed by atoms with Crippen LogP contribution in [0, 0.1) is 0 Å². The fraction of sp³-hybridized carbons (Fsp3) is 0.111. The molecule has 1 aromatic carbocycles. The van der Waals surface area contributed by atoms with Gasteiger partial charge in [0.15, 0.2) is 0 Å². The molecule has 0 bridgehead atoms. The highest BCUT2D eigenvalue weighted by molar-refractivity contribution is 7.89. The van der Waals surface area contributed by atoms with Gasteiger partial charge in [0, 0.05) is 0 Å². The summed E-state index contributed by atoms with van der Waals surface area (Å²) in [5.41, 5.74) is -5.45. The molecule has 0 fully saturated rings. The minimum absolute atomic E-state index is 0.114. The van der Waals surface area contributed by atoms with E-state index in [1.807, 2.05) is 0 Å². The molecule has 0 atom stereocenters. The van der Waals surface area contributed by atoms with E-state index in [1.54, 1.807) is 0 Å². The van der Waals surface area contributed by atoms with Gasteiger partial charge in [0.2, 0.25) is 0 Å². The average Bonchev–Trinajstić information content (AvgIpc) is 2.25. The molecule has 1 aromatic rings. The van der Waals surface area contributed by atoms with E-state index < -0.39 is 31.6 Å². The lowest BCUT2D eigenvalue weighted by atomic mass is 10.2. The van der Waals surface area contributed by atoms with Crippen LogP contribution in [0.5, 0.6) is 5.75 Å². The Morgan fingerprint density at radius 3 is 1.90 bits per heavy atom. The van der Waals surface area contributed by atoms with Crippen molar-refractivity contribution in [1.82, 2.24) is 0 Å². The van der Waals surface area contributed by atoms with E-state index >= 15 is 0 Å². The third-order valence-electron chi connectivity index (χ3n) is 1.79. The Bertz CT molecular complexity index is 702. The molecule has 0 saturated heterocycles. The van der Waals surface area contributed by atoms with E-state index in [9.17, 15) is 33.9 Å². The lowest BCUT2D eigenvalue weighted by molar-refractivity contribution is -0.0500. The van der Waals surface area contributed by atoms with Gasteiger partial charge in [-0.2, -0.15) is 30.0 Å². The molecule has 5 nitrogen and oxygen atoms in total. The van der Waals surface area contributed by atoms with Crippen LogP contribution in [0.4, 0.5) is 17.1 Å². The third kappa shape index (κ3) is 4.81. The van der Waals surface area contributed by atoms with Crippen molar-refractivity contribution < 1.29 is 38.1 Å². The van der Waals surface area contributed by atoms with Crippen molar-refractivity contribution in [1.29, 1.82) is 0 Å². The third-order valence-corrected chi connectivity index (χ3v) is 3.23. The fourth-order valence-electron chi connectivity index (χ4n) is 0.968. The SMILES string of the molecule is O=S(=O)(F)/C=C/c1ccc(OS(=O)(=O)C(F)(F)F)cc1. The quantitative estimate of drug-likeness (QED) is 0.365. The van der Waals surface area contributed by atoms with Gasteiger partial charge >= 0.3 is 25.8 Å². The Morgan fingerprint density at radius 2 is 1.50 bits per heavy atom. The molecule has 112 valence electrons. The minimum atomic E-state index is -5.77.